The Balaban J connectivity index is 1.74. The first-order valence-electron chi connectivity index (χ1n) is 11.8. The lowest BCUT2D eigenvalue weighted by Crippen LogP contribution is -2.31. The molecule has 0 spiro atoms. The summed E-state index contributed by atoms with van der Waals surface area (Å²) in [4.78, 5) is 0. The highest BCUT2D eigenvalue weighted by Crippen LogP contribution is 2.33. The van der Waals surface area contributed by atoms with Gasteiger partial charge in [-0.1, -0.05) is 61.9 Å². The third-order valence-corrected chi connectivity index (χ3v) is 7.07. The zero-order chi connectivity index (χ0) is 22.1. The average molecular weight is 411 g/mol. The molecule has 1 heteroatoms. The van der Waals surface area contributed by atoms with Gasteiger partial charge in [-0.05, 0) is 80.3 Å². The van der Waals surface area contributed by atoms with Gasteiger partial charge in [0.2, 0.25) is 5.69 Å². The molecule has 1 atom stereocenters. The zero-order valence-corrected chi connectivity index (χ0v) is 20.0. The second-order valence-electron chi connectivity index (χ2n) is 9.33. The van der Waals surface area contributed by atoms with E-state index in [-0.39, 0.29) is 0 Å². The Bertz CT molecular complexity index is 1150. The molecule has 3 aromatic rings. The molecule has 31 heavy (non-hydrogen) atoms. The molecule has 1 aliphatic heterocycles. The Kier molecular flexibility index (Phi) is 6.14. The van der Waals surface area contributed by atoms with Crippen molar-refractivity contribution in [2.75, 3.05) is 7.05 Å². The first kappa shape index (κ1) is 21.6. The van der Waals surface area contributed by atoms with Gasteiger partial charge in [0, 0.05) is 23.1 Å². The predicted molar refractivity (Wildman–Crippen MR) is 133 cm³/mol. The number of nitrogens with zero attached hydrogens (tertiary/aromatic N) is 1. The minimum atomic E-state index is 0.564. The van der Waals surface area contributed by atoms with E-state index in [1.165, 1.54) is 55.9 Å². The normalized spacial score (nSPS) is 15.9. The second kappa shape index (κ2) is 8.83. The standard InChI is InChI=1S/C30H36N/c1-7-25-12-10-23(16-21(25)4)17-24-11-13-27-19-26(8-2)30(31(6)29(27)18-24)28-14-9-20(3)15-22(28)5/h9-16,18,26H,7-8,17,19H2,1-6H3/q+1. The molecule has 0 aromatic heterocycles. The van der Waals surface area contributed by atoms with Crippen LogP contribution < -0.4 is 0 Å². The first-order valence-corrected chi connectivity index (χ1v) is 11.8. The van der Waals surface area contributed by atoms with E-state index in [9.17, 15) is 0 Å². The lowest BCUT2D eigenvalue weighted by Gasteiger charge is -2.24. The summed E-state index contributed by atoms with van der Waals surface area (Å²) in [5, 5.41) is 0. The van der Waals surface area contributed by atoms with Crippen molar-refractivity contribution in [1.29, 1.82) is 0 Å². The molecule has 4 rings (SSSR count). The van der Waals surface area contributed by atoms with E-state index in [1.807, 2.05) is 0 Å². The van der Waals surface area contributed by atoms with Crippen LogP contribution in [0.1, 0.15) is 64.8 Å². The predicted octanol–water partition coefficient (Wildman–Crippen LogP) is 7.11. The minimum Gasteiger partial charge on any atom is -0.198 e. The fourth-order valence-corrected chi connectivity index (χ4v) is 5.31. The van der Waals surface area contributed by atoms with Gasteiger partial charge in [-0.25, -0.2) is 0 Å². The summed E-state index contributed by atoms with van der Waals surface area (Å²) < 4.78 is 2.47. The maximum Gasteiger partial charge on any atom is 0.208 e. The van der Waals surface area contributed by atoms with Crippen molar-refractivity contribution in [3.8, 4) is 0 Å². The minimum absolute atomic E-state index is 0.564. The summed E-state index contributed by atoms with van der Waals surface area (Å²) in [6.07, 6.45) is 4.38. The molecule has 0 amide bonds. The van der Waals surface area contributed by atoms with Crippen molar-refractivity contribution >= 4 is 11.4 Å². The van der Waals surface area contributed by atoms with Crippen LogP contribution in [0.15, 0.2) is 54.6 Å². The van der Waals surface area contributed by atoms with Crippen LogP contribution in [0.5, 0.6) is 0 Å². The molecule has 0 saturated carbocycles. The van der Waals surface area contributed by atoms with Gasteiger partial charge in [0.1, 0.15) is 7.05 Å². The van der Waals surface area contributed by atoms with Crippen LogP contribution in [0.2, 0.25) is 0 Å². The van der Waals surface area contributed by atoms with Gasteiger partial charge in [0.25, 0.3) is 0 Å². The number of rotatable bonds is 5. The van der Waals surface area contributed by atoms with Gasteiger partial charge >= 0.3 is 0 Å². The highest BCUT2D eigenvalue weighted by molar-refractivity contribution is 6.01. The Morgan fingerprint density at radius 2 is 1.58 bits per heavy atom. The zero-order valence-electron chi connectivity index (χ0n) is 20.0. The fraction of sp³-hybridized carbons (Fsp3) is 0.367. The smallest absolute Gasteiger partial charge is 0.198 e. The van der Waals surface area contributed by atoms with Gasteiger partial charge in [-0.15, -0.1) is 0 Å². The van der Waals surface area contributed by atoms with E-state index in [0.29, 0.717) is 5.92 Å². The Hall–Kier alpha value is -2.67. The molecule has 1 heterocycles. The number of benzene rings is 3. The van der Waals surface area contributed by atoms with Crippen LogP contribution in [-0.2, 0) is 19.3 Å². The van der Waals surface area contributed by atoms with Gasteiger partial charge in [-0.3, -0.25) is 0 Å². The van der Waals surface area contributed by atoms with Gasteiger partial charge in [0.15, 0.2) is 5.71 Å². The van der Waals surface area contributed by atoms with E-state index in [1.54, 1.807) is 0 Å². The van der Waals surface area contributed by atoms with E-state index >= 15 is 0 Å². The Morgan fingerprint density at radius 1 is 0.839 bits per heavy atom. The molecule has 1 nitrogen and oxygen atoms in total. The van der Waals surface area contributed by atoms with E-state index in [0.717, 1.165) is 25.7 Å². The number of hydrogen-bond donors (Lipinski definition) is 0. The van der Waals surface area contributed by atoms with E-state index in [4.69, 9.17) is 0 Å². The summed E-state index contributed by atoms with van der Waals surface area (Å²) in [5.41, 5.74) is 14.1. The molecule has 0 radical (unpaired) electrons. The van der Waals surface area contributed by atoms with Crippen molar-refractivity contribution in [1.82, 2.24) is 0 Å². The van der Waals surface area contributed by atoms with E-state index < -0.39 is 0 Å². The number of aryl methyl sites for hydroxylation is 4. The van der Waals surface area contributed by atoms with Crippen molar-refractivity contribution in [3.63, 3.8) is 0 Å². The summed E-state index contributed by atoms with van der Waals surface area (Å²) in [6, 6.07) is 21.0. The monoisotopic (exact) mass is 410 g/mol. The van der Waals surface area contributed by atoms with Crippen LogP contribution in [0, 0.1) is 26.7 Å². The molecule has 1 unspecified atom stereocenters. The SMILES string of the molecule is CCc1ccc(Cc2ccc3c(c2)[N+](C)=C(c2ccc(C)cc2C)C(CC)C3)cc1C. The van der Waals surface area contributed by atoms with Crippen molar-refractivity contribution in [2.45, 2.75) is 60.3 Å². The third kappa shape index (κ3) is 4.24. The molecule has 1 aliphatic rings. The molecule has 0 saturated heterocycles. The molecular formula is C30H36N+. The topological polar surface area (TPSA) is 3.01 Å². The van der Waals surface area contributed by atoms with Crippen LogP contribution in [0.3, 0.4) is 0 Å². The summed E-state index contributed by atoms with van der Waals surface area (Å²) >= 11 is 0. The molecule has 0 fully saturated rings. The molecular weight excluding hydrogens is 374 g/mol. The van der Waals surface area contributed by atoms with E-state index in [2.05, 4.69) is 101 Å². The van der Waals surface area contributed by atoms with Crippen LogP contribution in [0.4, 0.5) is 5.69 Å². The number of hydrogen-bond acceptors (Lipinski definition) is 0. The van der Waals surface area contributed by atoms with Crippen LogP contribution in [0.25, 0.3) is 0 Å². The second-order valence-corrected chi connectivity index (χ2v) is 9.33. The highest BCUT2D eigenvalue weighted by Gasteiger charge is 2.33. The maximum atomic E-state index is 2.47. The number of fused-ring (bicyclic) bond motifs is 1. The highest BCUT2D eigenvalue weighted by atomic mass is 15.0. The molecule has 0 bridgehead atoms. The molecule has 0 aliphatic carbocycles. The van der Waals surface area contributed by atoms with Crippen molar-refractivity contribution < 1.29 is 4.58 Å². The summed E-state index contributed by atoms with van der Waals surface area (Å²) in [6.45, 7) is 11.2. The van der Waals surface area contributed by atoms with Gasteiger partial charge < -0.3 is 0 Å². The molecule has 0 N–H and O–H groups in total. The van der Waals surface area contributed by atoms with Crippen molar-refractivity contribution in [3.05, 3.63) is 99.1 Å². The lowest BCUT2D eigenvalue weighted by molar-refractivity contribution is -0.410. The van der Waals surface area contributed by atoms with Crippen LogP contribution >= 0.6 is 0 Å². The molecule has 160 valence electrons. The summed E-state index contributed by atoms with van der Waals surface area (Å²) in [7, 11) is 2.26. The Labute approximate surface area is 188 Å². The quantitative estimate of drug-likeness (QED) is 0.394. The van der Waals surface area contributed by atoms with Crippen LogP contribution in [-0.4, -0.2) is 17.3 Å². The fourth-order valence-electron chi connectivity index (χ4n) is 5.31. The third-order valence-electron chi connectivity index (χ3n) is 7.07. The van der Waals surface area contributed by atoms with Gasteiger partial charge in [0.05, 0.1) is 0 Å². The summed E-state index contributed by atoms with van der Waals surface area (Å²) in [5.74, 6) is 0.564. The average Bonchev–Trinajstić information content (AvgIpc) is 2.75. The van der Waals surface area contributed by atoms with Crippen molar-refractivity contribution in [2.24, 2.45) is 5.92 Å². The first-order chi connectivity index (χ1) is 14.9. The lowest BCUT2D eigenvalue weighted by atomic mass is 9.82. The molecule has 3 aromatic carbocycles. The largest absolute Gasteiger partial charge is 0.208 e. The van der Waals surface area contributed by atoms with Gasteiger partial charge in [-0.2, -0.15) is 4.58 Å². The maximum absolute atomic E-state index is 2.47. The Morgan fingerprint density at radius 3 is 2.26 bits per heavy atom.